The van der Waals surface area contributed by atoms with Crippen LogP contribution in [0.3, 0.4) is 0 Å². The molecule has 8 nitrogen and oxygen atoms in total. The minimum absolute atomic E-state index is 0.0367. The van der Waals surface area contributed by atoms with Crippen LogP contribution in [0.4, 0.5) is 0 Å². The molecule has 1 aromatic heterocycles. The minimum atomic E-state index is -0.532. The second-order valence-corrected chi connectivity index (χ2v) is 12.0. The van der Waals surface area contributed by atoms with Crippen molar-refractivity contribution in [2.45, 2.75) is 37.9 Å². The fraction of sp³-hybridized carbons (Fsp3) is 0.308. The predicted octanol–water partition coefficient (Wildman–Crippen LogP) is 6.80. The van der Waals surface area contributed by atoms with Gasteiger partial charge in [-0.1, -0.05) is 54.6 Å². The number of nitrogens with one attached hydrogen (secondary N) is 1. The molecule has 2 unspecified atom stereocenters. The molecule has 8 heteroatoms. The highest BCUT2D eigenvalue weighted by Gasteiger charge is 2.36. The van der Waals surface area contributed by atoms with Gasteiger partial charge in [-0.25, -0.2) is 0 Å². The van der Waals surface area contributed by atoms with Gasteiger partial charge in [-0.05, 0) is 77.4 Å². The molecule has 4 aromatic carbocycles. The first-order valence-corrected chi connectivity index (χ1v) is 16.0. The van der Waals surface area contributed by atoms with Crippen molar-refractivity contribution < 1.29 is 23.7 Å². The van der Waals surface area contributed by atoms with E-state index in [0.29, 0.717) is 36.0 Å². The molecule has 1 amide bonds. The van der Waals surface area contributed by atoms with E-state index in [9.17, 15) is 4.79 Å². The number of aromatic nitrogens is 1. The summed E-state index contributed by atoms with van der Waals surface area (Å²) in [6, 6.07) is 27.9. The van der Waals surface area contributed by atoms with Gasteiger partial charge in [0.15, 0.2) is 23.0 Å². The number of carbonyl (C=O) groups is 1. The number of benzene rings is 4. The van der Waals surface area contributed by atoms with Gasteiger partial charge >= 0.3 is 0 Å². The lowest BCUT2D eigenvalue weighted by atomic mass is 9.91. The zero-order valence-corrected chi connectivity index (χ0v) is 27.8. The van der Waals surface area contributed by atoms with Crippen LogP contribution in [0.5, 0.6) is 23.0 Å². The van der Waals surface area contributed by atoms with Crippen LogP contribution in [0, 0.1) is 0 Å². The maximum absolute atomic E-state index is 14.5. The van der Waals surface area contributed by atoms with Gasteiger partial charge in [0.1, 0.15) is 6.04 Å². The first-order valence-electron chi connectivity index (χ1n) is 16.0. The van der Waals surface area contributed by atoms with E-state index in [1.807, 2.05) is 49.5 Å². The molecular formula is C39H43N3O5. The summed E-state index contributed by atoms with van der Waals surface area (Å²) in [4.78, 5) is 16.9. The van der Waals surface area contributed by atoms with E-state index < -0.39 is 6.04 Å². The summed E-state index contributed by atoms with van der Waals surface area (Å²) >= 11 is 0. The van der Waals surface area contributed by atoms with Gasteiger partial charge in [0.05, 0.1) is 28.4 Å². The zero-order valence-electron chi connectivity index (χ0n) is 27.8. The number of ether oxygens (including phenoxy) is 4. The van der Waals surface area contributed by atoms with E-state index in [4.69, 9.17) is 18.9 Å². The van der Waals surface area contributed by atoms with Gasteiger partial charge in [-0.15, -0.1) is 0 Å². The van der Waals surface area contributed by atoms with E-state index in [1.54, 1.807) is 28.4 Å². The van der Waals surface area contributed by atoms with Crippen molar-refractivity contribution in [3.05, 3.63) is 119 Å². The third-order valence-electron chi connectivity index (χ3n) is 9.27. The van der Waals surface area contributed by atoms with Crippen LogP contribution in [0.1, 0.15) is 46.3 Å². The number of para-hydroxylation sites is 1. The van der Waals surface area contributed by atoms with Crippen LogP contribution in [0.2, 0.25) is 0 Å². The van der Waals surface area contributed by atoms with Crippen molar-refractivity contribution in [2.75, 3.05) is 35.0 Å². The second kappa shape index (κ2) is 14.2. The van der Waals surface area contributed by atoms with E-state index in [2.05, 4.69) is 63.4 Å². The van der Waals surface area contributed by atoms with Crippen molar-refractivity contribution in [3.8, 4) is 23.0 Å². The Balaban J connectivity index is 1.43. The van der Waals surface area contributed by atoms with Crippen molar-refractivity contribution in [1.82, 2.24) is 14.8 Å². The summed E-state index contributed by atoms with van der Waals surface area (Å²) in [5.41, 5.74) is 6.56. The van der Waals surface area contributed by atoms with Crippen molar-refractivity contribution in [3.63, 3.8) is 0 Å². The Labute approximate surface area is 276 Å². The molecule has 0 spiro atoms. The lowest BCUT2D eigenvalue weighted by molar-refractivity contribution is -0.128. The Morgan fingerprint density at radius 2 is 1.51 bits per heavy atom. The molecule has 0 saturated heterocycles. The molecule has 0 fully saturated rings. The van der Waals surface area contributed by atoms with Crippen LogP contribution in [-0.4, -0.2) is 50.4 Å². The molecule has 5 aromatic rings. The largest absolute Gasteiger partial charge is 0.493 e. The average molecular weight is 634 g/mol. The minimum Gasteiger partial charge on any atom is -0.493 e. The SMILES string of the molecule is COc1ccc(CC2c3cc(OC)c(OC)cc3CCCN2C(C(=O)NCc2cn(C)c3ccccc23)c2ccccc2)cc1OC. The van der Waals surface area contributed by atoms with E-state index in [1.165, 1.54) is 5.56 Å². The Kier molecular flexibility index (Phi) is 9.68. The summed E-state index contributed by atoms with van der Waals surface area (Å²) in [6.07, 6.45) is 4.48. The molecule has 0 saturated carbocycles. The van der Waals surface area contributed by atoms with Crippen molar-refractivity contribution in [1.29, 1.82) is 0 Å². The molecule has 1 aliphatic heterocycles. The number of hydrogen-bond donors (Lipinski definition) is 1. The van der Waals surface area contributed by atoms with Crippen molar-refractivity contribution >= 4 is 16.8 Å². The molecule has 0 radical (unpaired) electrons. The molecule has 47 heavy (non-hydrogen) atoms. The summed E-state index contributed by atoms with van der Waals surface area (Å²) in [7, 11) is 8.66. The molecule has 0 aliphatic carbocycles. The first kappa shape index (κ1) is 32.0. The zero-order chi connectivity index (χ0) is 32.9. The Bertz CT molecular complexity index is 1850. The third-order valence-corrected chi connectivity index (χ3v) is 9.27. The first-order chi connectivity index (χ1) is 22.9. The summed E-state index contributed by atoms with van der Waals surface area (Å²) in [5, 5.41) is 4.47. The van der Waals surface area contributed by atoms with Gasteiger partial charge < -0.3 is 28.8 Å². The maximum Gasteiger partial charge on any atom is 0.242 e. The van der Waals surface area contributed by atoms with Gasteiger partial charge in [0, 0.05) is 43.3 Å². The van der Waals surface area contributed by atoms with Gasteiger partial charge in [0.25, 0.3) is 0 Å². The molecule has 6 rings (SSSR count). The molecule has 2 atom stereocenters. The lowest BCUT2D eigenvalue weighted by Crippen LogP contribution is -2.43. The summed E-state index contributed by atoms with van der Waals surface area (Å²) in [6.45, 7) is 1.15. The molecule has 244 valence electrons. The lowest BCUT2D eigenvalue weighted by Gasteiger charge is -2.37. The Morgan fingerprint density at radius 1 is 0.830 bits per heavy atom. The van der Waals surface area contributed by atoms with Gasteiger partial charge in [0.2, 0.25) is 5.91 Å². The molecular weight excluding hydrogens is 590 g/mol. The monoisotopic (exact) mass is 633 g/mol. The number of rotatable bonds is 11. The molecule has 2 heterocycles. The van der Waals surface area contributed by atoms with Crippen LogP contribution in [0.25, 0.3) is 10.9 Å². The third kappa shape index (κ3) is 6.51. The quantitative estimate of drug-likeness (QED) is 0.173. The van der Waals surface area contributed by atoms with E-state index in [0.717, 1.165) is 52.5 Å². The molecule has 1 N–H and O–H groups in total. The number of methoxy groups -OCH3 is 4. The van der Waals surface area contributed by atoms with Gasteiger partial charge in [-0.2, -0.15) is 0 Å². The average Bonchev–Trinajstić information content (AvgIpc) is 3.34. The normalized spacial score (nSPS) is 15.4. The smallest absolute Gasteiger partial charge is 0.242 e. The van der Waals surface area contributed by atoms with E-state index >= 15 is 0 Å². The fourth-order valence-electron chi connectivity index (χ4n) is 6.99. The number of amides is 1. The highest BCUT2D eigenvalue weighted by molar-refractivity contribution is 5.86. The molecule has 0 bridgehead atoms. The van der Waals surface area contributed by atoms with Crippen molar-refractivity contribution in [2.24, 2.45) is 7.05 Å². The Morgan fingerprint density at radius 3 is 2.26 bits per heavy atom. The number of aryl methyl sites for hydroxylation is 2. The van der Waals surface area contributed by atoms with Crippen LogP contribution in [0.15, 0.2) is 91.1 Å². The van der Waals surface area contributed by atoms with Crippen LogP contribution < -0.4 is 24.3 Å². The van der Waals surface area contributed by atoms with Crippen LogP contribution in [-0.2, 0) is 31.2 Å². The maximum atomic E-state index is 14.5. The predicted molar refractivity (Wildman–Crippen MR) is 185 cm³/mol. The van der Waals surface area contributed by atoms with Crippen LogP contribution >= 0.6 is 0 Å². The van der Waals surface area contributed by atoms with E-state index in [-0.39, 0.29) is 11.9 Å². The summed E-state index contributed by atoms with van der Waals surface area (Å²) < 4.78 is 24.8. The summed E-state index contributed by atoms with van der Waals surface area (Å²) in [5.74, 6) is 2.69. The standard InChI is InChI=1S/C39H43N3O5/c1-41-25-29(30-15-9-10-16-32(30)41)24-40-39(43)38(27-12-7-6-8-13-27)42-19-11-14-28-22-36(46-4)37(47-5)23-31(28)33(42)20-26-17-18-34(44-2)35(21-26)45-3/h6-10,12-13,15-18,21-23,25,33,38H,11,14,19-20,24H2,1-5H3,(H,40,43). The molecule has 1 aliphatic rings. The van der Waals surface area contributed by atoms with Gasteiger partial charge in [-0.3, -0.25) is 9.69 Å². The highest BCUT2D eigenvalue weighted by atomic mass is 16.5. The number of fused-ring (bicyclic) bond motifs is 2. The number of nitrogens with zero attached hydrogens (tertiary/aromatic N) is 2. The fourth-order valence-corrected chi connectivity index (χ4v) is 6.99. The number of hydrogen-bond acceptors (Lipinski definition) is 6. The highest BCUT2D eigenvalue weighted by Crippen LogP contribution is 2.43. The Hall–Kier alpha value is -4.95. The number of carbonyl (C=O) groups excluding carboxylic acids is 1. The second-order valence-electron chi connectivity index (χ2n) is 12.0. The topological polar surface area (TPSA) is 74.2 Å².